The molecule has 3 nitrogen and oxygen atoms in total. The first-order chi connectivity index (χ1) is 8.11. The molecule has 2 aliphatic rings. The quantitative estimate of drug-likeness (QED) is 0.798. The summed E-state index contributed by atoms with van der Waals surface area (Å²) >= 11 is 1.87. The third kappa shape index (κ3) is 2.26. The summed E-state index contributed by atoms with van der Waals surface area (Å²) in [5, 5.41) is 1.21. The second-order valence-electron chi connectivity index (χ2n) is 5.68. The molecule has 17 heavy (non-hydrogen) atoms. The van der Waals surface area contributed by atoms with Crippen LogP contribution in [-0.2, 0) is 6.54 Å². The van der Waals surface area contributed by atoms with Gasteiger partial charge in [-0.2, -0.15) is 0 Å². The molecule has 0 aliphatic carbocycles. The maximum absolute atomic E-state index is 4.52. The zero-order chi connectivity index (χ0) is 12.0. The van der Waals surface area contributed by atoms with Gasteiger partial charge in [0, 0.05) is 37.6 Å². The molecule has 4 heteroatoms. The maximum atomic E-state index is 4.52. The van der Waals surface area contributed by atoms with E-state index in [1.807, 2.05) is 11.3 Å². The molecule has 0 radical (unpaired) electrons. The van der Waals surface area contributed by atoms with Crippen LogP contribution in [0.2, 0.25) is 0 Å². The standard InChI is InChI=1S/C13H21N3S/c1-9-13(17-10(2)14-9)8-16-6-11-4-15(3)5-12(11)7-16/h11-12H,4-8H2,1-3H3. The van der Waals surface area contributed by atoms with Crippen molar-refractivity contribution in [2.75, 3.05) is 33.2 Å². The van der Waals surface area contributed by atoms with E-state index < -0.39 is 0 Å². The number of thiazole rings is 1. The van der Waals surface area contributed by atoms with E-state index in [0.29, 0.717) is 0 Å². The molecule has 0 saturated carbocycles. The van der Waals surface area contributed by atoms with E-state index in [2.05, 4.69) is 35.7 Å². The summed E-state index contributed by atoms with van der Waals surface area (Å²) in [4.78, 5) is 11.1. The Bertz CT molecular complexity index is 401. The highest BCUT2D eigenvalue weighted by atomic mass is 32.1. The van der Waals surface area contributed by atoms with Crippen LogP contribution >= 0.6 is 11.3 Å². The Balaban J connectivity index is 1.63. The van der Waals surface area contributed by atoms with Crippen molar-refractivity contribution < 1.29 is 0 Å². The monoisotopic (exact) mass is 251 g/mol. The molecule has 1 aromatic heterocycles. The third-order valence-electron chi connectivity index (χ3n) is 4.11. The Labute approximate surface area is 107 Å². The zero-order valence-electron chi connectivity index (χ0n) is 10.9. The maximum Gasteiger partial charge on any atom is 0.0900 e. The summed E-state index contributed by atoms with van der Waals surface area (Å²) in [6, 6.07) is 0. The molecule has 0 aromatic carbocycles. The van der Waals surface area contributed by atoms with Crippen LogP contribution < -0.4 is 0 Å². The van der Waals surface area contributed by atoms with Crippen LogP contribution in [0.3, 0.4) is 0 Å². The van der Waals surface area contributed by atoms with Gasteiger partial charge in [-0.15, -0.1) is 11.3 Å². The number of hydrogen-bond acceptors (Lipinski definition) is 4. The SMILES string of the molecule is Cc1nc(C)c(CN2CC3CN(C)CC3C2)s1. The van der Waals surface area contributed by atoms with Gasteiger partial charge in [0.15, 0.2) is 0 Å². The van der Waals surface area contributed by atoms with Crippen molar-refractivity contribution in [3.63, 3.8) is 0 Å². The Kier molecular flexibility index (Phi) is 2.97. The average Bonchev–Trinajstić information content (AvgIpc) is 2.81. The molecular weight excluding hydrogens is 230 g/mol. The molecule has 1 aromatic rings. The molecule has 2 unspecified atom stereocenters. The highest BCUT2D eigenvalue weighted by molar-refractivity contribution is 7.11. The molecule has 2 fully saturated rings. The lowest BCUT2D eigenvalue weighted by Gasteiger charge is -2.18. The van der Waals surface area contributed by atoms with E-state index in [4.69, 9.17) is 0 Å². The van der Waals surface area contributed by atoms with Crippen molar-refractivity contribution in [2.45, 2.75) is 20.4 Å². The Morgan fingerprint density at radius 1 is 1.18 bits per heavy atom. The fourth-order valence-electron chi connectivity index (χ4n) is 3.38. The minimum Gasteiger partial charge on any atom is -0.306 e. The lowest BCUT2D eigenvalue weighted by Crippen LogP contribution is -2.26. The van der Waals surface area contributed by atoms with E-state index in [1.54, 1.807) is 0 Å². The van der Waals surface area contributed by atoms with E-state index in [-0.39, 0.29) is 0 Å². The van der Waals surface area contributed by atoms with Crippen LogP contribution in [-0.4, -0.2) is 48.0 Å². The summed E-state index contributed by atoms with van der Waals surface area (Å²) in [7, 11) is 2.25. The predicted octanol–water partition coefficient (Wildman–Crippen LogP) is 1.75. The Hall–Kier alpha value is -0.450. The Morgan fingerprint density at radius 2 is 1.82 bits per heavy atom. The molecule has 0 spiro atoms. The molecule has 94 valence electrons. The van der Waals surface area contributed by atoms with Crippen LogP contribution in [0.1, 0.15) is 15.6 Å². The zero-order valence-corrected chi connectivity index (χ0v) is 11.8. The molecule has 0 bridgehead atoms. The lowest BCUT2D eigenvalue weighted by molar-refractivity contribution is 0.273. The topological polar surface area (TPSA) is 19.4 Å². The van der Waals surface area contributed by atoms with Gasteiger partial charge in [0.1, 0.15) is 0 Å². The summed E-state index contributed by atoms with van der Waals surface area (Å²) < 4.78 is 0. The minimum atomic E-state index is 0.911. The number of aryl methyl sites for hydroxylation is 2. The predicted molar refractivity (Wildman–Crippen MR) is 71.3 cm³/mol. The second kappa shape index (κ2) is 4.34. The van der Waals surface area contributed by atoms with E-state index >= 15 is 0 Å². The van der Waals surface area contributed by atoms with Crippen molar-refractivity contribution in [3.8, 4) is 0 Å². The van der Waals surface area contributed by atoms with Crippen molar-refractivity contribution in [2.24, 2.45) is 11.8 Å². The molecule has 3 heterocycles. The second-order valence-corrected chi connectivity index (χ2v) is 6.96. The van der Waals surface area contributed by atoms with E-state index in [0.717, 1.165) is 18.4 Å². The van der Waals surface area contributed by atoms with Crippen molar-refractivity contribution >= 4 is 11.3 Å². The minimum absolute atomic E-state index is 0.911. The number of rotatable bonds is 2. The van der Waals surface area contributed by atoms with Gasteiger partial charge in [-0.3, -0.25) is 4.90 Å². The molecule has 2 saturated heterocycles. The number of nitrogens with zero attached hydrogens (tertiary/aromatic N) is 3. The highest BCUT2D eigenvalue weighted by Gasteiger charge is 2.38. The van der Waals surface area contributed by atoms with Crippen molar-refractivity contribution in [1.82, 2.24) is 14.8 Å². The van der Waals surface area contributed by atoms with Gasteiger partial charge < -0.3 is 4.90 Å². The number of likely N-dealkylation sites (tertiary alicyclic amines) is 2. The van der Waals surface area contributed by atoms with Gasteiger partial charge in [-0.25, -0.2) is 4.98 Å². The van der Waals surface area contributed by atoms with E-state index in [1.165, 1.54) is 41.8 Å². The van der Waals surface area contributed by atoms with Crippen molar-refractivity contribution in [3.05, 3.63) is 15.6 Å². The third-order valence-corrected chi connectivity index (χ3v) is 5.17. The summed E-state index contributed by atoms with van der Waals surface area (Å²) in [5.74, 6) is 1.82. The summed E-state index contributed by atoms with van der Waals surface area (Å²) in [6.45, 7) is 10.5. The van der Waals surface area contributed by atoms with Crippen LogP contribution in [0.25, 0.3) is 0 Å². The molecule has 2 aliphatic heterocycles. The average molecular weight is 251 g/mol. The van der Waals surface area contributed by atoms with Gasteiger partial charge in [-0.1, -0.05) is 0 Å². The Morgan fingerprint density at radius 3 is 2.35 bits per heavy atom. The normalized spacial score (nSPS) is 30.1. The first kappa shape index (κ1) is 11.6. The molecule has 2 atom stereocenters. The lowest BCUT2D eigenvalue weighted by atomic mass is 10.0. The van der Waals surface area contributed by atoms with Gasteiger partial charge >= 0.3 is 0 Å². The van der Waals surface area contributed by atoms with E-state index in [9.17, 15) is 0 Å². The molecular formula is C13H21N3S. The first-order valence-electron chi connectivity index (χ1n) is 6.45. The number of fused-ring (bicyclic) bond motifs is 1. The van der Waals surface area contributed by atoms with Crippen LogP contribution in [0, 0.1) is 25.7 Å². The smallest absolute Gasteiger partial charge is 0.0900 e. The van der Waals surface area contributed by atoms with Gasteiger partial charge in [-0.05, 0) is 32.7 Å². The van der Waals surface area contributed by atoms with Gasteiger partial charge in [0.05, 0.1) is 10.7 Å². The molecule has 3 rings (SSSR count). The number of hydrogen-bond donors (Lipinski definition) is 0. The van der Waals surface area contributed by atoms with Crippen LogP contribution in [0.15, 0.2) is 0 Å². The summed E-state index contributed by atoms with van der Waals surface area (Å²) in [5.41, 5.74) is 1.24. The number of aromatic nitrogens is 1. The first-order valence-corrected chi connectivity index (χ1v) is 7.27. The van der Waals surface area contributed by atoms with Gasteiger partial charge in [0.2, 0.25) is 0 Å². The fourth-order valence-corrected chi connectivity index (χ4v) is 4.36. The van der Waals surface area contributed by atoms with Gasteiger partial charge in [0.25, 0.3) is 0 Å². The van der Waals surface area contributed by atoms with Crippen molar-refractivity contribution in [1.29, 1.82) is 0 Å². The molecule has 0 N–H and O–H groups in total. The highest BCUT2D eigenvalue weighted by Crippen LogP contribution is 2.32. The summed E-state index contributed by atoms with van der Waals surface area (Å²) in [6.07, 6.45) is 0. The van der Waals surface area contributed by atoms with Crippen LogP contribution in [0.5, 0.6) is 0 Å². The van der Waals surface area contributed by atoms with Crippen LogP contribution in [0.4, 0.5) is 0 Å². The molecule has 0 amide bonds. The largest absolute Gasteiger partial charge is 0.306 e. The fraction of sp³-hybridized carbons (Fsp3) is 0.769.